The molecule has 0 radical (unpaired) electrons. The van der Waals surface area contributed by atoms with Gasteiger partial charge in [0.05, 0.1) is 5.92 Å². The van der Waals surface area contributed by atoms with E-state index >= 15 is 0 Å². The van der Waals surface area contributed by atoms with E-state index in [9.17, 15) is 18.9 Å². The van der Waals surface area contributed by atoms with Crippen LogP contribution in [0.5, 0.6) is 0 Å². The number of carbonyl (C=O) groups is 2. The number of nitrogens with zero attached hydrogens (tertiary/aromatic N) is 1. The summed E-state index contributed by atoms with van der Waals surface area (Å²) in [6.07, 6.45) is -0.854. The number of hydrogen-bond acceptors (Lipinski definition) is 8. The Labute approximate surface area is 181 Å². The molecule has 0 aliphatic rings. The number of rotatable bonds is 11. The second kappa shape index (κ2) is 12.9. The van der Waals surface area contributed by atoms with E-state index in [2.05, 4.69) is 15.5 Å². The molecule has 7 nitrogen and oxygen atoms in total. The van der Waals surface area contributed by atoms with Gasteiger partial charge in [-0.2, -0.15) is 0 Å². The van der Waals surface area contributed by atoms with Crippen LogP contribution in [-0.2, 0) is 14.4 Å². The van der Waals surface area contributed by atoms with Gasteiger partial charge in [-0.15, -0.1) is 4.91 Å². The van der Waals surface area contributed by atoms with Gasteiger partial charge in [0.25, 0.3) is 0 Å². The van der Waals surface area contributed by atoms with Crippen LogP contribution in [0.2, 0.25) is 0 Å². The van der Waals surface area contributed by atoms with Gasteiger partial charge in [0.2, 0.25) is 5.91 Å². The summed E-state index contributed by atoms with van der Waals surface area (Å²) in [5.41, 5.74) is 1.64. The molecule has 0 fully saturated rings. The van der Waals surface area contributed by atoms with Gasteiger partial charge in [-0.3, -0.25) is 10.1 Å². The minimum atomic E-state index is -0.854. The van der Waals surface area contributed by atoms with Crippen LogP contribution in [0.3, 0.4) is 0 Å². The average Bonchev–Trinajstić information content (AvgIpc) is 2.75. The molecule has 2 amide bonds. The summed E-state index contributed by atoms with van der Waals surface area (Å²) in [5, 5.41) is 4.43. The lowest BCUT2D eigenvalue weighted by Crippen LogP contribution is -2.34. The van der Waals surface area contributed by atoms with Crippen molar-refractivity contribution in [1.82, 2.24) is 5.32 Å². The van der Waals surface area contributed by atoms with Crippen LogP contribution < -0.4 is 5.32 Å². The van der Waals surface area contributed by atoms with Crippen LogP contribution in [0.15, 0.2) is 53.9 Å². The quantitative estimate of drug-likeness (QED) is 0.224. The number of imide groups is 1. The number of amides is 2. The van der Waals surface area contributed by atoms with E-state index in [-0.39, 0.29) is 13.2 Å². The van der Waals surface area contributed by atoms with Gasteiger partial charge in [0.15, 0.2) is 5.34 Å². The topological polar surface area (TPSA) is 94.1 Å². The van der Waals surface area contributed by atoms with E-state index in [4.69, 9.17) is 4.74 Å². The molecule has 0 bridgehead atoms. The first-order chi connectivity index (χ1) is 14.5. The van der Waals surface area contributed by atoms with Crippen molar-refractivity contribution in [2.45, 2.75) is 12.8 Å². The zero-order valence-corrected chi connectivity index (χ0v) is 17.8. The smallest absolute Gasteiger partial charge is 0.413 e. The van der Waals surface area contributed by atoms with Crippen molar-refractivity contribution in [3.8, 4) is 11.1 Å². The molecule has 2 aromatic rings. The first-order valence-electron chi connectivity index (χ1n) is 9.04. The molecule has 0 heterocycles. The van der Waals surface area contributed by atoms with Crippen molar-refractivity contribution >= 4 is 33.6 Å². The zero-order chi connectivity index (χ0) is 21.8. The van der Waals surface area contributed by atoms with Crippen LogP contribution >= 0.6 is 21.6 Å². The third kappa shape index (κ3) is 7.68. The molecule has 2 rings (SSSR count). The van der Waals surface area contributed by atoms with Gasteiger partial charge >= 0.3 is 6.09 Å². The molecule has 160 valence electrons. The Bertz CT molecular complexity index is 854. The number of halogens is 1. The van der Waals surface area contributed by atoms with Gasteiger partial charge in [-0.25, -0.2) is 9.18 Å². The molecule has 1 atom stereocenters. The largest absolute Gasteiger partial charge is 0.448 e. The summed E-state index contributed by atoms with van der Waals surface area (Å²) in [6.45, 7) is 1.91. The monoisotopic (exact) mass is 452 g/mol. The molecule has 0 aromatic heterocycles. The first kappa shape index (κ1) is 23.7. The minimum Gasteiger partial charge on any atom is -0.448 e. The molecule has 1 N–H and O–H groups in total. The predicted molar refractivity (Wildman–Crippen MR) is 116 cm³/mol. The Kier molecular flexibility index (Phi) is 10.2. The number of hydrogen-bond donors (Lipinski definition) is 1. The van der Waals surface area contributed by atoms with E-state index in [1.165, 1.54) is 27.7 Å². The van der Waals surface area contributed by atoms with Crippen molar-refractivity contribution in [1.29, 1.82) is 0 Å². The van der Waals surface area contributed by atoms with Crippen molar-refractivity contribution in [2.24, 2.45) is 5.34 Å². The number of alkyl carbamates (subject to hydrolysis) is 1. The third-order valence-corrected chi connectivity index (χ3v) is 6.32. The first-order valence-corrected chi connectivity index (χ1v) is 11.5. The fourth-order valence-electron chi connectivity index (χ4n) is 2.44. The van der Waals surface area contributed by atoms with Crippen molar-refractivity contribution in [2.75, 3.05) is 24.7 Å². The summed E-state index contributed by atoms with van der Waals surface area (Å²) >= 11 is 0. The fourth-order valence-corrected chi connectivity index (χ4v) is 4.09. The maximum atomic E-state index is 14.5. The lowest BCUT2D eigenvalue weighted by atomic mass is 9.96. The van der Waals surface area contributed by atoms with Gasteiger partial charge in [-0.1, -0.05) is 64.1 Å². The van der Waals surface area contributed by atoms with Gasteiger partial charge in [0.1, 0.15) is 19.0 Å². The van der Waals surface area contributed by atoms with E-state index < -0.39 is 23.7 Å². The molecule has 1 unspecified atom stereocenters. The van der Waals surface area contributed by atoms with Crippen LogP contribution in [0, 0.1) is 10.7 Å². The van der Waals surface area contributed by atoms with E-state index in [0.29, 0.717) is 22.6 Å². The second-order valence-corrected chi connectivity index (χ2v) is 8.71. The third-order valence-electron chi connectivity index (χ3n) is 3.99. The van der Waals surface area contributed by atoms with Crippen molar-refractivity contribution in [3.63, 3.8) is 0 Å². The Hall–Kier alpha value is -2.59. The van der Waals surface area contributed by atoms with E-state index in [1.54, 1.807) is 31.2 Å². The molecule has 30 heavy (non-hydrogen) atoms. The normalized spacial score (nSPS) is 11.4. The van der Waals surface area contributed by atoms with Crippen LogP contribution in [0.4, 0.5) is 9.18 Å². The lowest BCUT2D eigenvalue weighted by Gasteiger charge is -2.13. The molecule has 0 spiro atoms. The zero-order valence-electron chi connectivity index (χ0n) is 16.2. The maximum Gasteiger partial charge on any atom is 0.413 e. The van der Waals surface area contributed by atoms with Crippen molar-refractivity contribution < 1.29 is 23.6 Å². The highest BCUT2D eigenvalue weighted by molar-refractivity contribution is 8.76. The SMILES string of the molecule is CC(C(=O)NC(=O)OCCSSCCON=O)c1ccc(-c2ccccc2)c(F)c1. The summed E-state index contributed by atoms with van der Waals surface area (Å²) in [7, 11) is 2.87. The molecule has 2 aromatic carbocycles. The average molecular weight is 453 g/mol. The van der Waals surface area contributed by atoms with E-state index in [1.807, 2.05) is 18.2 Å². The number of carbonyl (C=O) groups excluding carboxylic acids is 2. The highest BCUT2D eigenvalue weighted by Gasteiger charge is 2.20. The molecular weight excluding hydrogens is 431 g/mol. The summed E-state index contributed by atoms with van der Waals surface area (Å²) in [6, 6.07) is 13.7. The Morgan fingerprint density at radius 3 is 2.47 bits per heavy atom. The summed E-state index contributed by atoms with van der Waals surface area (Å²) in [4.78, 5) is 38.1. The highest BCUT2D eigenvalue weighted by Crippen LogP contribution is 2.26. The van der Waals surface area contributed by atoms with Crippen LogP contribution in [-0.4, -0.2) is 36.7 Å². The van der Waals surface area contributed by atoms with Crippen LogP contribution in [0.25, 0.3) is 11.1 Å². The molecule has 0 saturated carbocycles. The molecule has 10 heteroatoms. The Balaban J connectivity index is 1.78. The number of benzene rings is 2. The van der Waals surface area contributed by atoms with E-state index in [0.717, 1.165) is 5.56 Å². The number of ether oxygens (including phenoxy) is 1. The highest BCUT2D eigenvalue weighted by atomic mass is 33.1. The summed E-state index contributed by atoms with van der Waals surface area (Å²) in [5.74, 6) is -0.675. The summed E-state index contributed by atoms with van der Waals surface area (Å²) < 4.78 is 19.5. The van der Waals surface area contributed by atoms with Gasteiger partial charge in [0, 0.05) is 17.1 Å². The van der Waals surface area contributed by atoms with Crippen LogP contribution in [0.1, 0.15) is 18.4 Å². The van der Waals surface area contributed by atoms with Gasteiger partial charge < -0.3 is 9.57 Å². The molecule has 0 saturated heterocycles. The maximum absolute atomic E-state index is 14.5. The Morgan fingerprint density at radius 2 is 1.80 bits per heavy atom. The second-order valence-electron chi connectivity index (χ2n) is 6.00. The standard InChI is InChI=1S/C20H21FN2O5S2/c1-14(16-7-8-17(18(21)13-16)15-5-3-2-4-6-15)19(24)22-20(25)27-9-11-29-30-12-10-28-23-26/h2-8,13-14H,9-12H2,1H3,(H,22,24,25). The Morgan fingerprint density at radius 1 is 1.10 bits per heavy atom. The minimum absolute atomic E-state index is 0.109. The fraction of sp³-hybridized carbons (Fsp3) is 0.300. The molecular formula is C20H21FN2O5S2. The van der Waals surface area contributed by atoms with Crippen molar-refractivity contribution in [3.05, 3.63) is 64.8 Å². The van der Waals surface area contributed by atoms with Gasteiger partial charge in [-0.05, 0) is 24.1 Å². The number of nitrogens with one attached hydrogen (secondary N) is 1. The molecule has 0 aliphatic heterocycles. The lowest BCUT2D eigenvalue weighted by molar-refractivity contribution is -0.121. The predicted octanol–water partition coefficient (Wildman–Crippen LogP) is 4.93. The molecule has 0 aliphatic carbocycles.